The predicted octanol–water partition coefficient (Wildman–Crippen LogP) is 7.18. The van der Waals surface area contributed by atoms with E-state index in [9.17, 15) is 0 Å². The van der Waals surface area contributed by atoms with Crippen LogP contribution in [0.4, 0.5) is 0 Å². The Labute approximate surface area is 179 Å². The third kappa shape index (κ3) is 4.11. The third-order valence-corrected chi connectivity index (χ3v) is 8.03. The Kier molecular flexibility index (Phi) is 6.02. The summed E-state index contributed by atoms with van der Waals surface area (Å²) in [6.07, 6.45) is 7.86. The van der Waals surface area contributed by atoms with Crippen molar-refractivity contribution in [1.82, 2.24) is 0 Å². The van der Waals surface area contributed by atoms with Gasteiger partial charge in [0.15, 0.2) is 0 Å². The summed E-state index contributed by atoms with van der Waals surface area (Å²) in [5, 5.41) is 2.59. The van der Waals surface area contributed by atoms with Gasteiger partial charge in [-0.05, 0) is 0 Å². The number of fused-ring (bicyclic) bond motifs is 2. The molecule has 1 aliphatic carbocycles. The number of benzene rings is 3. The van der Waals surface area contributed by atoms with Gasteiger partial charge in [0.05, 0.1) is 0 Å². The third-order valence-electron chi connectivity index (χ3n) is 5.64. The average molecular weight is 446 g/mol. The standard InChI is InChI=1S/C24H23.2ClH.H2N.Ti/c1-3-4-11-20-17(2)24(16-19-10-6-8-13-22(19)20)23-15-14-18-9-5-7-12-21(18)23;;;;/h5-10,12-16,23H,2-4,11H2,1H3;2*1H;1H2;/q;;;-1;+3/p-2. The molecule has 0 heterocycles. The molecule has 0 spiro atoms. The molecular weight excluding hydrogens is 421 g/mol. The fraction of sp³-hybridized carbons (Fsp3) is 0.250. The number of unbranched alkanes of at least 4 members (excludes halogenated alkanes) is 1. The molecule has 3 aromatic carbocycles. The Morgan fingerprint density at radius 3 is 2.50 bits per heavy atom. The van der Waals surface area contributed by atoms with Crippen molar-refractivity contribution in [3.63, 3.8) is 0 Å². The van der Waals surface area contributed by atoms with E-state index in [0.29, 0.717) is 4.73 Å². The summed E-state index contributed by atoms with van der Waals surface area (Å²) < 4.78 is 6.89. The van der Waals surface area contributed by atoms with E-state index in [1.807, 2.05) is 0 Å². The molecule has 1 atom stereocenters. The van der Waals surface area contributed by atoms with E-state index in [1.54, 1.807) is 0 Å². The maximum atomic E-state index is 6.52. The average Bonchev–Trinajstić information content (AvgIpc) is 3.09. The van der Waals surface area contributed by atoms with Crippen molar-refractivity contribution in [3.05, 3.63) is 88.5 Å². The fourth-order valence-electron chi connectivity index (χ4n) is 4.37. The first-order chi connectivity index (χ1) is 13.5. The number of allylic oxidation sites excluding steroid dienone is 1. The van der Waals surface area contributed by atoms with Gasteiger partial charge in [-0.3, -0.25) is 0 Å². The van der Waals surface area contributed by atoms with Crippen molar-refractivity contribution in [3.8, 4) is 0 Å². The zero-order valence-electron chi connectivity index (χ0n) is 16.1. The quantitative estimate of drug-likeness (QED) is 0.399. The minimum absolute atomic E-state index is 0.231. The van der Waals surface area contributed by atoms with E-state index >= 15 is 0 Å². The van der Waals surface area contributed by atoms with Crippen LogP contribution >= 0.6 is 18.6 Å². The van der Waals surface area contributed by atoms with Crippen LogP contribution in [0.25, 0.3) is 16.8 Å². The van der Waals surface area contributed by atoms with Gasteiger partial charge in [-0.2, -0.15) is 0 Å². The van der Waals surface area contributed by atoms with Crippen LogP contribution in [0.3, 0.4) is 0 Å². The summed E-state index contributed by atoms with van der Waals surface area (Å²) >= 11 is -3.34. The van der Waals surface area contributed by atoms with Crippen LogP contribution in [0, 0.1) is 0 Å². The van der Waals surface area contributed by atoms with Gasteiger partial charge in [0.25, 0.3) is 0 Å². The number of aryl methyl sites for hydroxylation is 1. The van der Waals surface area contributed by atoms with Gasteiger partial charge in [-0.25, -0.2) is 0 Å². The molecule has 1 nitrogen and oxygen atoms in total. The molecule has 0 saturated carbocycles. The predicted molar refractivity (Wildman–Crippen MR) is 119 cm³/mol. The molecule has 28 heavy (non-hydrogen) atoms. The molecule has 0 aromatic heterocycles. The van der Waals surface area contributed by atoms with Crippen molar-refractivity contribution >= 4 is 35.5 Å². The molecule has 4 rings (SSSR count). The van der Waals surface area contributed by atoms with Crippen LogP contribution in [0.5, 0.6) is 0 Å². The second kappa shape index (κ2) is 8.34. The van der Waals surface area contributed by atoms with Crippen molar-refractivity contribution in [1.29, 1.82) is 0 Å². The number of rotatable bonds is 6. The van der Waals surface area contributed by atoms with Crippen LogP contribution in [0.1, 0.15) is 53.5 Å². The Morgan fingerprint density at radius 2 is 1.71 bits per heavy atom. The van der Waals surface area contributed by atoms with Gasteiger partial charge >= 0.3 is 180 Å². The molecule has 2 N–H and O–H groups in total. The van der Waals surface area contributed by atoms with Gasteiger partial charge in [0.1, 0.15) is 0 Å². The molecule has 0 fully saturated rings. The number of halogens is 2. The molecule has 0 saturated heterocycles. The fourth-order valence-corrected chi connectivity index (χ4v) is 6.86. The minimum atomic E-state index is -3.34. The van der Waals surface area contributed by atoms with Gasteiger partial charge < -0.3 is 0 Å². The zero-order valence-corrected chi connectivity index (χ0v) is 19.2. The van der Waals surface area contributed by atoms with E-state index in [0.717, 1.165) is 19.3 Å². The number of hydrogen-bond donors (Lipinski definition) is 1. The summed E-state index contributed by atoms with van der Waals surface area (Å²) in [4.78, 5) is 0. The topological polar surface area (TPSA) is 26.0 Å². The van der Waals surface area contributed by atoms with E-state index in [2.05, 4.69) is 73.7 Å². The molecule has 1 aliphatic rings. The first kappa shape index (κ1) is 20.2. The summed E-state index contributed by atoms with van der Waals surface area (Å²) in [5.74, 6) is 0.231. The Morgan fingerprint density at radius 1 is 0.964 bits per heavy atom. The van der Waals surface area contributed by atoms with Crippen LogP contribution in [-0.2, 0) is 25.9 Å². The Bertz CT molecular complexity index is 1040. The first-order valence-electron chi connectivity index (χ1n) is 9.95. The van der Waals surface area contributed by atoms with Gasteiger partial charge in [0, 0.05) is 0 Å². The van der Waals surface area contributed by atoms with Gasteiger partial charge in [-0.1, -0.05) is 0 Å². The Balaban J connectivity index is 1.97. The molecule has 4 heteroatoms. The van der Waals surface area contributed by atoms with Crippen LogP contribution in [0.2, 0.25) is 0 Å². The molecule has 0 aliphatic heterocycles. The molecule has 0 amide bonds. The second-order valence-electron chi connectivity index (χ2n) is 7.65. The number of nitrogens with two attached hydrogens (primary N) is 1. The van der Waals surface area contributed by atoms with Crippen LogP contribution < -0.4 is 4.22 Å². The van der Waals surface area contributed by atoms with E-state index < -0.39 is 14.7 Å². The van der Waals surface area contributed by atoms with Crippen molar-refractivity contribution in [2.24, 2.45) is 4.22 Å². The summed E-state index contributed by atoms with van der Waals surface area (Å²) in [5.41, 5.74) is 6.62. The van der Waals surface area contributed by atoms with Gasteiger partial charge in [0.2, 0.25) is 0 Å². The SMILES string of the molecule is CCCCc1c([CH2][Ti]([NH2])([Cl])[Cl])c(C2C=Cc3ccccc32)cc2ccccc12. The monoisotopic (exact) mass is 445 g/mol. The van der Waals surface area contributed by atoms with Crippen molar-refractivity contribution in [2.45, 2.75) is 36.8 Å². The van der Waals surface area contributed by atoms with E-state index in [1.165, 1.54) is 38.6 Å². The number of hydrogen-bond acceptors (Lipinski definition) is 1. The van der Waals surface area contributed by atoms with Crippen molar-refractivity contribution < 1.29 is 14.7 Å². The zero-order chi connectivity index (χ0) is 19.7. The summed E-state index contributed by atoms with van der Waals surface area (Å²) in [6, 6.07) is 19.6. The molecule has 0 bridgehead atoms. The molecule has 3 aromatic rings. The molecule has 144 valence electrons. The summed E-state index contributed by atoms with van der Waals surface area (Å²) in [6.45, 7) is 2.23. The Hall–Kier alpha value is -1.09. The normalized spacial score (nSPS) is 15.9. The van der Waals surface area contributed by atoms with Crippen LogP contribution in [-0.4, -0.2) is 0 Å². The van der Waals surface area contributed by atoms with Gasteiger partial charge in [-0.15, -0.1) is 0 Å². The molecular formula is C24H25Cl2NTi. The molecule has 1 unspecified atom stereocenters. The second-order valence-corrected chi connectivity index (χ2v) is 16.9. The maximum absolute atomic E-state index is 6.52. The van der Waals surface area contributed by atoms with E-state index in [-0.39, 0.29) is 5.92 Å². The van der Waals surface area contributed by atoms with Crippen molar-refractivity contribution in [2.75, 3.05) is 0 Å². The first-order valence-corrected chi connectivity index (χ1v) is 16.3. The van der Waals surface area contributed by atoms with Crippen LogP contribution in [0.15, 0.2) is 60.7 Å². The molecule has 0 radical (unpaired) electrons. The summed E-state index contributed by atoms with van der Waals surface area (Å²) in [7, 11) is 13.0. The van der Waals surface area contributed by atoms with E-state index in [4.69, 9.17) is 22.8 Å².